The Labute approximate surface area is 193 Å². The first-order valence-electron chi connectivity index (χ1n) is 10.2. The molecule has 1 saturated heterocycles. The van der Waals surface area contributed by atoms with E-state index in [0.717, 1.165) is 6.07 Å². The molecule has 0 radical (unpaired) electrons. The van der Waals surface area contributed by atoms with Crippen LogP contribution in [0.25, 0.3) is 5.76 Å². The molecule has 1 aliphatic rings. The Morgan fingerprint density at radius 1 is 1.09 bits per heavy atom. The molecule has 0 aliphatic carbocycles. The number of ketones is 1. The molecule has 1 aromatic heterocycles. The molecule has 1 fully saturated rings. The smallest absolute Gasteiger partial charge is 0.337 e. The lowest BCUT2D eigenvalue weighted by Crippen LogP contribution is -2.29. The Balaban J connectivity index is 1.85. The summed E-state index contributed by atoms with van der Waals surface area (Å²) in [6.07, 6.45) is 1.44. The van der Waals surface area contributed by atoms with E-state index >= 15 is 0 Å². The normalized spacial score (nSPS) is 17.1. The van der Waals surface area contributed by atoms with E-state index in [-0.39, 0.29) is 29.0 Å². The van der Waals surface area contributed by atoms with Gasteiger partial charge in [0.15, 0.2) is 11.6 Å². The SMILES string of the molecule is COC(=O)c1ccc([C@H]2C(=C(O)c3ccc(OC)c(F)c3)C(=O)C(=O)N2Cc2ccco2)cc1. The van der Waals surface area contributed by atoms with Crippen molar-refractivity contribution in [1.29, 1.82) is 0 Å². The summed E-state index contributed by atoms with van der Waals surface area (Å²) in [7, 11) is 2.55. The molecule has 1 amide bonds. The van der Waals surface area contributed by atoms with Crippen molar-refractivity contribution in [3.05, 3.63) is 94.7 Å². The van der Waals surface area contributed by atoms with E-state index in [4.69, 9.17) is 13.9 Å². The molecule has 1 atom stereocenters. The van der Waals surface area contributed by atoms with Crippen molar-refractivity contribution >= 4 is 23.4 Å². The van der Waals surface area contributed by atoms with E-state index in [0.29, 0.717) is 11.3 Å². The maximum Gasteiger partial charge on any atom is 0.337 e. The number of likely N-dealkylation sites (tertiary alicyclic amines) is 1. The van der Waals surface area contributed by atoms with Gasteiger partial charge in [0, 0.05) is 5.56 Å². The van der Waals surface area contributed by atoms with Gasteiger partial charge in [-0.1, -0.05) is 12.1 Å². The van der Waals surface area contributed by atoms with Gasteiger partial charge in [-0.2, -0.15) is 0 Å². The molecule has 0 unspecified atom stereocenters. The van der Waals surface area contributed by atoms with Crippen LogP contribution in [0.3, 0.4) is 0 Å². The van der Waals surface area contributed by atoms with E-state index in [9.17, 15) is 23.9 Å². The number of benzene rings is 2. The van der Waals surface area contributed by atoms with Crippen LogP contribution < -0.4 is 4.74 Å². The summed E-state index contributed by atoms with van der Waals surface area (Å²) in [6.45, 7) is -0.0469. The molecule has 9 heteroatoms. The number of aliphatic hydroxyl groups excluding tert-OH is 1. The van der Waals surface area contributed by atoms with Gasteiger partial charge in [-0.25, -0.2) is 9.18 Å². The van der Waals surface area contributed by atoms with Crippen molar-refractivity contribution in [3.63, 3.8) is 0 Å². The highest BCUT2D eigenvalue weighted by atomic mass is 19.1. The first-order valence-corrected chi connectivity index (χ1v) is 10.2. The number of hydrogen-bond acceptors (Lipinski definition) is 7. The first kappa shape index (κ1) is 22.8. The average Bonchev–Trinajstić information content (AvgIpc) is 3.45. The van der Waals surface area contributed by atoms with E-state index in [1.165, 1.54) is 49.6 Å². The van der Waals surface area contributed by atoms with E-state index in [1.807, 2.05) is 0 Å². The van der Waals surface area contributed by atoms with Gasteiger partial charge in [-0.05, 0) is 48.0 Å². The Bertz CT molecular complexity index is 1280. The molecule has 2 heterocycles. The molecule has 1 N–H and O–H groups in total. The molecule has 4 rings (SSSR count). The van der Waals surface area contributed by atoms with Crippen LogP contribution in [0, 0.1) is 5.82 Å². The zero-order valence-electron chi connectivity index (χ0n) is 18.3. The Morgan fingerprint density at radius 2 is 1.79 bits per heavy atom. The molecule has 0 saturated carbocycles. The third-order valence-electron chi connectivity index (χ3n) is 5.52. The van der Waals surface area contributed by atoms with Gasteiger partial charge in [-0.15, -0.1) is 0 Å². The Kier molecular flexibility index (Phi) is 6.18. The Morgan fingerprint density at radius 3 is 2.38 bits per heavy atom. The second-order valence-corrected chi connectivity index (χ2v) is 7.47. The van der Waals surface area contributed by atoms with Crippen LogP contribution in [0.2, 0.25) is 0 Å². The number of carbonyl (C=O) groups excluding carboxylic acids is 3. The zero-order valence-corrected chi connectivity index (χ0v) is 18.3. The fraction of sp³-hybridized carbons (Fsp3) is 0.160. The molecule has 2 aromatic carbocycles. The minimum atomic E-state index is -1.01. The molecule has 174 valence electrons. The molecule has 0 bridgehead atoms. The molecular formula is C25H20FNO7. The zero-order chi connectivity index (χ0) is 24.4. The number of ether oxygens (including phenoxy) is 2. The summed E-state index contributed by atoms with van der Waals surface area (Å²) in [5, 5.41) is 11.0. The number of Topliss-reactive ketones (excluding diaryl/α,β-unsaturated/α-hetero) is 1. The number of methoxy groups -OCH3 is 2. The van der Waals surface area contributed by atoms with Crippen molar-refractivity contribution in [3.8, 4) is 5.75 Å². The lowest BCUT2D eigenvalue weighted by Gasteiger charge is -2.24. The van der Waals surface area contributed by atoms with Crippen LogP contribution in [0.15, 0.2) is 70.9 Å². The van der Waals surface area contributed by atoms with E-state index in [2.05, 4.69) is 0 Å². The summed E-state index contributed by atoms with van der Waals surface area (Å²) >= 11 is 0. The summed E-state index contributed by atoms with van der Waals surface area (Å²) in [5.41, 5.74) is 0.512. The number of carbonyl (C=O) groups is 3. The van der Waals surface area contributed by atoms with Crippen molar-refractivity contribution in [2.75, 3.05) is 14.2 Å². The fourth-order valence-corrected chi connectivity index (χ4v) is 3.85. The quantitative estimate of drug-likeness (QED) is 0.255. The highest BCUT2D eigenvalue weighted by Gasteiger charge is 2.46. The van der Waals surface area contributed by atoms with Crippen molar-refractivity contribution < 1.29 is 37.8 Å². The monoisotopic (exact) mass is 465 g/mol. The van der Waals surface area contributed by atoms with Crippen molar-refractivity contribution in [2.24, 2.45) is 0 Å². The highest BCUT2D eigenvalue weighted by molar-refractivity contribution is 6.46. The van der Waals surface area contributed by atoms with E-state index < -0.39 is 35.3 Å². The van der Waals surface area contributed by atoms with Crippen LogP contribution in [-0.4, -0.2) is 41.9 Å². The molecule has 1 aliphatic heterocycles. The lowest BCUT2D eigenvalue weighted by molar-refractivity contribution is -0.140. The van der Waals surface area contributed by atoms with Gasteiger partial charge in [0.2, 0.25) is 0 Å². The number of furan rings is 1. The number of hydrogen-bond donors (Lipinski definition) is 1. The van der Waals surface area contributed by atoms with Crippen molar-refractivity contribution in [2.45, 2.75) is 12.6 Å². The average molecular weight is 465 g/mol. The second kappa shape index (κ2) is 9.22. The number of nitrogens with zero attached hydrogens (tertiary/aromatic N) is 1. The predicted molar refractivity (Wildman–Crippen MR) is 117 cm³/mol. The Hall–Kier alpha value is -4.40. The minimum absolute atomic E-state index is 0.00507. The van der Waals surface area contributed by atoms with Crippen LogP contribution in [0.4, 0.5) is 4.39 Å². The fourth-order valence-electron chi connectivity index (χ4n) is 3.85. The van der Waals surface area contributed by atoms with E-state index in [1.54, 1.807) is 24.3 Å². The maximum atomic E-state index is 14.3. The van der Waals surface area contributed by atoms with Gasteiger partial charge in [0.1, 0.15) is 11.5 Å². The molecule has 34 heavy (non-hydrogen) atoms. The third-order valence-corrected chi connectivity index (χ3v) is 5.52. The number of halogens is 1. The number of esters is 1. The molecule has 3 aromatic rings. The topological polar surface area (TPSA) is 106 Å². The predicted octanol–water partition coefficient (Wildman–Crippen LogP) is 3.84. The van der Waals surface area contributed by atoms with Gasteiger partial charge in [-0.3, -0.25) is 9.59 Å². The minimum Gasteiger partial charge on any atom is -0.507 e. The van der Waals surface area contributed by atoms with Crippen LogP contribution >= 0.6 is 0 Å². The largest absolute Gasteiger partial charge is 0.507 e. The first-order chi connectivity index (χ1) is 16.3. The molecular weight excluding hydrogens is 445 g/mol. The second-order valence-electron chi connectivity index (χ2n) is 7.47. The summed E-state index contributed by atoms with van der Waals surface area (Å²) < 4.78 is 29.2. The van der Waals surface area contributed by atoms with Gasteiger partial charge >= 0.3 is 5.97 Å². The summed E-state index contributed by atoms with van der Waals surface area (Å²) in [5.74, 6) is -3.22. The summed E-state index contributed by atoms with van der Waals surface area (Å²) in [4.78, 5) is 39.1. The van der Waals surface area contributed by atoms with Gasteiger partial charge < -0.3 is 23.9 Å². The van der Waals surface area contributed by atoms with Crippen LogP contribution in [0.5, 0.6) is 5.75 Å². The third kappa shape index (κ3) is 4.03. The standard InChI is InChI=1S/C25H20FNO7/c1-32-19-10-9-16(12-18(19)26)22(28)20-21(14-5-7-15(8-6-14)25(31)33-2)27(24(30)23(20)29)13-17-4-3-11-34-17/h3-12,21,28H,13H2,1-2H3/t21-/m0/s1. The number of aliphatic hydroxyl groups is 1. The van der Waals surface area contributed by atoms with Gasteiger partial charge in [0.25, 0.3) is 11.7 Å². The number of rotatable bonds is 6. The highest BCUT2D eigenvalue weighted by Crippen LogP contribution is 2.40. The lowest BCUT2D eigenvalue weighted by atomic mass is 9.94. The van der Waals surface area contributed by atoms with Crippen LogP contribution in [-0.2, 0) is 20.9 Å². The summed E-state index contributed by atoms with van der Waals surface area (Å²) in [6, 6.07) is 12.1. The van der Waals surface area contributed by atoms with Crippen molar-refractivity contribution in [1.82, 2.24) is 4.90 Å². The maximum absolute atomic E-state index is 14.3. The van der Waals surface area contributed by atoms with Gasteiger partial charge in [0.05, 0.1) is 44.2 Å². The van der Waals surface area contributed by atoms with Crippen LogP contribution in [0.1, 0.15) is 33.3 Å². The molecule has 0 spiro atoms. The number of amides is 1. The molecule has 8 nitrogen and oxygen atoms in total.